The fourth-order valence-electron chi connectivity index (χ4n) is 3.72. The molecule has 0 fully saturated rings. The highest BCUT2D eigenvalue weighted by molar-refractivity contribution is 6.43. The Hall–Kier alpha value is -3.61. The van der Waals surface area contributed by atoms with Crippen LogP contribution in [0.5, 0.6) is 5.75 Å². The molecule has 8 heteroatoms. The van der Waals surface area contributed by atoms with Crippen molar-refractivity contribution in [3.05, 3.63) is 111 Å². The molecule has 2 atom stereocenters. The Morgan fingerprint density at radius 2 is 1.48 bits per heavy atom. The molecule has 2 N–H and O–H groups in total. The van der Waals surface area contributed by atoms with E-state index in [0.717, 1.165) is 22.5 Å². The SMILES string of the molecule is O=C(O)C1=NC=C1Oc1ccc(C2=NC(c3ccc(Cl)cc3)C(c3ccc(Cl)cc3)N2)cc1. The van der Waals surface area contributed by atoms with E-state index in [-0.39, 0.29) is 23.6 Å². The molecular formula is C25H17Cl2N3O3. The number of rotatable bonds is 6. The van der Waals surface area contributed by atoms with Crippen molar-refractivity contribution in [3.8, 4) is 5.75 Å². The number of aliphatic imine (C=N–C) groups is 2. The van der Waals surface area contributed by atoms with Crippen LogP contribution in [0.4, 0.5) is 0 Å². The standard InChI is InChI=1S/C25H17Cl2N3O3/c26-17-7-1-14(2-8-17)21-22(15-3-9-18(27)10-4-15)30-24(29-21)16-5-11-19(12-6-16)33-20-13-28-23(20)25(31)32/h1-13,21-22H,(H,29,30)(H,31,32). The van der Waals surface area contributed by atoms with Gasteiger partial charge in [-0.1, -0.05) is 47.5 Å². The summed E-state index contributed by atoms with van der Waals surface area (Å²) in [6, 6.07) is 22.5. The van der Waals surface area contributed by atoms with E-state index in [1.165, 1.54) is 6.20 Å². The molecule has 0 bridgehead atoms. The first-order valence-corrected chi connectivity index (χ1v) is 10.9. The second kappa shape index (κ2) is 8.73. The summed E-state index contributed by atoms with van der Waals surface area (Å²) in [5.41, 5.74) is 2.90. The number of carboxylic acid groups (broad SMARTS) is 1. The third-order valence-electron chi connectivity index (χ3n) is 5.42. The van der Waals surface area contributed by atoms with Gasteiger partial charge in [-0.3, -0.25) is 4.99 Å². The van der Waals surface area contributed by atoms with Gasteiger partial charge in [0.15, 0.2) is 11.5 Å². The quantitative estimate of drug-likeness (QED) is 0.484. The first-order chi connectivity index (χ1) is 16.0. The lowest BCUT2D eigenvalue weighted by atomic mass is 9.95. The fourth-order valence-corrected chi connectivity index (χ4v) is 3.97. The van der Waals surface area contributed by atoms with Crippen LogP contribution in [-0.2, 0) is 4.79 Å². The predicted octanol–water partition coefficient (Wildman–Crippen LogP) is 5.59. The number of nitrogens with one attached hydrogen (secondary N) is 1. The van der Waals surface area contributed by atoms with E-state index in [0.29, 0.717) is 15.8 Å². The van der Waals surface area contributed by atoms with Crippen molar-refractivity contribution >= 4 is 40.7 Å². The Balaban J connectivity index is 1.40. The van der Waals surface area contributed by atoms with Gasteiger partial charge in [0.1, 0.15) is 17.6 Å². The molecule has 0 aliphatic carbocycles. The number of benzene rings is 3. The molecule has 2 aliphatic heterocycles. The van der Waals surface area contributed by atoms with E-state index in [2.05, 4.69) is 10.3 Å². The molecular weight excluding hydrogens is 461 g/mol. The zero-order chi connectivity index (χ0) is 22.9. The van der Waals surface area contributed by atoms with Crippen molar-refractivity contribution in [2.45, 2.75) is 12.1 Å². The van der Waals surface area contributed by atoms with Gasteiger partial charge < -0.3 is 15.2 Å². The van der Waals surface area contributed by atoms with Gasteiger partial charge in [0.25, 0.3) is 0 Å². The van der Waals surface area contributed by atoms with Gasteiger partial charge in [-0.25, -0.2) is 9.79 Å². The minimum atomic E-state index is -1.12. The monoisotopic (exact) mass is 477 g/mol. The summed E-state index contributed by atoms with van der Waals surface area (Å²) in [7, 11) is 0. The number of nitrogens with zero attached hydrogens (tertiary/aromatic N) is 2. The van der Waals surface area contributed by atoms with Crippen molar-refractivity contribution in [1.29, 1.82) is 0 Å². The molecule has 0 aromatic heterocycles. The highest BCUT2D eigenvalue weighted by Crippen LogP contribution is 2.38. The molecule has 0 radical (unpaired) electrons. The van der Waals surface area contributed by atoms with Gasteiger partial charge in [0.05, 0.1) is 12.2 Å². The first-order valence-electron chi connectivity index (χ1n) is 10.1. The molecule has 33 heavy (non-hydrogen) atoms. The molecule has 0 amide bonds. The van der Waals surface area contributed by atoms with E-state index in [4.69, 9.17) is 38.0 Å². The zero-order valence-corrected chi connectivity index (χ0v) is 18.6. The van der Waals surface area contributed by atoms with Crippen molar-refractivity contribution in [2.24, 2.45) is 9.98 Å². The third kappa shape index (κ3) is 4.35. The van der Waals surface area contributed by atoms with Gasteiger partial charge in [0.2, 0.25) is 0 Å². The number of carbonyl (C=O) groups is 1. The minimum Gasteiger partial charge on any atom is -0.476 e. The lowest BCUT2D eigenvalue weighted by Gasteiger charge is -2.20. The van der Waals surface area contributed by atoms with Crippen LogP contribution in [0.3, 0.4) is 0 Å². The molecule has 3 aromatic rings. The summed E-state index contributed by atoms with van der Waals surface area (Å²) >= 11 is 12.2. The van der Waals surface area contributed by atoms with Crippen LogP contribution < -0.4 is 10.1 Å². The van der Waals surface area contributed by atoms with Gasteiger partial charge >= 0.3 is 5.97 Å². The van der Waals surface area contributed by atoms with E-state index in [1.54, 1.807) is 12.1 Å². The number of halogens is 2. The summed E-state index contributed by atoms with van der Waals surface area (Å²) in [6.45, 7) is 0. The maximum absolute atomic E-state index is 11.1. The Morgan fingerprint density at radius 3 is 2.03 bits per heavy atom. The molecule has 5 rings (SSSR count). The van der Waals surface area contributed by atoms with E-state index in [1.807, 2.05) is 60.7 Å². The van der Waals surface area contributed by atoms with Gasteiger partial charge in [-0.15, -0.1) is 0 Å². The first kappa shape index (κ1) is 21.2. The lowest BCUT2D eigenvalue weighted by molar-refractivity contribution is -0.129. The normalized spacial score (nSPS) is 19.0. The lowest BCUT2D eigenvalue weighted by Crippen LogP contribution is -2.25. The number of amidine groups is 1. The molecule has 2 unspecified atom stereocenters. The second-order valence-corrected chi connectivity index (χ2v) is 8.42. The van der Waals surface area contributed by atoms with Gasteiger partial charge in [0, 0.05) is 15.6 Å². The minimum absolute atomic E-state index is 0.0798. The molecule has 6 nitrogen and oxygen atoms in total. The number of carboxylic acids is 1. The second-order valence-electron chi connectivity index (χ2n) is 7.55. The molecule has 3 aromatic carbocycles. The summed E-state index contributed by atoms with van der Waals surface area (Å²) in [5.74, 6) is 0.380. The highest BCUT2D eigenvalue weighted by atomic mass is 35.5. The van der Waals surface area contributed by atoms with Crippen molar-refractivity contribution < 1.29 is 14.6 Å². The predicted molar refractivity (Wildman–Crippen MR) is 128 cm³/mol. The van der Waals surface area contributed by atoms with E-state index in [9.17, 15) is 4.79 Å². The molecule has 0 spiro atoms. The zero-order valence-electron chi connectivity index (χ0n) is 17.1. The number of hydrogen-bond donors (Lipinski definition) is 2. The molecule has 2 aliphatic rings. The summed E-state index contributed by atoms with van der Waals surface area (Å²) in [5, 5.41) is 13.9. The Bertz CT molecular complexity index is 1300. The topological polar surface area (TPSA) is 83.3 Å². The van der Waals surface area contributed by atoms with E-state index < -0.39 is 5.97 Å². The van der Waals surface area contributed by atoms with Crippen molar-refractivity contribution in [3.63, 3.8) is 0 Å². The van der Waals surface area contributed by atoms with Gasteiger partial charge in [-0.05, 0) is 59.7 Å². The van der Waals surface area contributed by atoms with Crippen LogP contribution in [0.2, 0.25) is 10.0 Å². The highest BCUT2D eigenvalue weighted by Gasteiger charge is 2.32. The van der Waals surface area contributed by atoms with Crippen LogP contribution in [0.1, 0.15) is 28.8 Å². The van der Waals surface area contributed by atoms with Crippen LogP contribution in [0.25, 0.3) is 0 Å². The molecule has 2 heterocycles. The Kier molecular flexibility index (Phi) is 5.62. The Morgan fingerprint density at radius 1 is 0.879 bits per heavy atom. The largest absolute Gasteiger partial charge is 0.476 e. The molecule has 0 saturated carbocycles. The summed E-state index contributed by atoms with van der Waals surface area (Å²) in [6.07, 6.45) is 1.38. The average Bonchev–Trinajstić information content (AvgIpc) is 3.23. The van der Waals surface area contributed by atoms with Crippen molar-refractivity contribution in [2.75, 3.05) is 0 Å². The maximum Gasteiger partial charge on any atom is 0.358 e. The number of ether oxygens (including phenoxy) is 1. The maximum atomic E-state index is 11.1. The van der Waals surface area contributed by atoms with Crippen LogP contribution in [0, 0.1) is 0 Å². The molecule has 164 valence electrons. The summed E-state index contributed by atoms with van der Waals surface area (Å²) < 4.78 is 5.61. The fraction of sp³-hybridized carbons (Fsp3) is 0.0800. The number of aliphatic carboxylic acids is 1. The molecule has 0 saturated heterocycles. The smallest absolute Gasteiger partial charge is 0.358 e. The van der Waals surface area contributed by atoms with Crippen molar-refractivity contribution in [1.82, 2.24) is 5.32 Å². The van der Waals surface area contributed by atoms with Gasteiger partial charge in [-0.2, -0.15) is 0 Å². The average molecular weight is 478 g/mol. The van der Waals surface area contributed by atoms with E-state index >= 15 is 0 Å². The van der Waals surface area contributed by atoms with Crippen LogP contribution in [-0.4, -0.2) is 22.6 Å². The van der Waals surface area contributed by atoms with Crippen LogP contribution >= 0.6 is 23.2 Å². The number of hydrogen-bond acceptors (Lipinski definition) is 5. The summed E-state index contributed by atoms with van der Waals surface area (Å²) in [4.78, 5) is 19.7. The van der Waals surface area contributed by atoms with Crippen LogP contribution in [0.15, 0.2) is 94.7 Å². The Labute approximate surface area is 199 Å². The third-order valence-corrected chi connectivity index (χ3v) is 5.92.